The van der Waals surface area contributed by atoms with E-state index in [1.165, 1.54) is 6.92 Å². The van der Waals surface area contributed by atoms with Crippen molar-refractivity contribution in [1.82, 2.24) is 16.0 Å². The summed E-state index contributed by atoms with van der Waals surface area (Å²) in [6, 6.07) is -4.60. The zero-order valence-electron chi connectivity index (χ0n) is 19.7. The molecule has 0 spiro atoms. The Bertz CT molecular complexity index is 756. The fraction of sp³-hybridized carbons (Fsp3) is 0.700. The van der Waals surface area contributed by atoms with Gasteiger partial charge in [-0.25, -0.2) is 0 Å². The van der Waals surface area contributed by atoms with E-state index in [0.717, 1.165) is 0 Å². The van der Waals surface area contributed by atoms with E-state index in [4.69, 9.17) is 27.4 Å². The maximum atomic E-state index is 12.9. The summed E-state index contributed by atoms with van der Waals surface area (Å²) in [7, 11) is 0. The van der Waals surface area contributed by atoms with Gasteiger partial charge in [0.05, 0.1) is 6.04 Å². The van der Waals surface area contributed by atoms with Gasteiger partial charge in [-0.05, 0) is 32.1 Å². The Kier molecular flexibility index (Phi) is 13.9. The average Bonchev–Trinajstić information content (AvgIpc) is 2.76. The fourth-order valence-corrected chi connectivity index (χ4v) is 2.74. The Hall–Kier alpha value is -3.42. The molecule has 0 fully saturated rings. The molecule has 0 aromatic heterocycles. The Morgan fingerprint density at radius 1 is 0.882 bits per heavy atom. The molecule has 194 valence electrons. The number of guanidine groups is 1. The molecule has 14 heteroatoms. The summed E-state index contributed by atoms with van der Waals surface area (Å²) in [4.78, 5) is 63.9. The number of carbonyl (C=O) groups excluding carboxylic acids is 3. The highest BCUT2D eigenvalue weighted by atomic mass is 16.4. The van der Waals surface area contributed by atoms with Crippen molar-refractivity contribution in [3.05, 3.63) is 0 Å². The minimum atomic E-state index is -1.27. The smallest absolute Gasteiger partial charge is 0.325 e. The number of carbonyl (C=O) groups is 5. The summed E-state index contributed by atoms with van der Waals surface area (Å²) in [5, 5.41) is 25.2. The van der Waals surface area contributed by atoms with Crippen molar-refractivity contribution in [2.45, 2.75) is 77.0 Å². The predicted molar refractivity (Wildman–Crippen MR) is 123 cm³/mol. The van der Waals surface area contributed by atoms with Crippen molar-refractivity contribution >= 4 is 35.6 Å². The van der Waals surface area contributed by atoms with E-state index in [2.05, 4.69) is 20.9 Å². The number of aliphatic imine (C=N–C) groups is 1. The van der Waals surface area contributed by atoms with Gasteiger partial charge in [0.15, 0.2) is 5.96 Å². The lowest BCUT2D eigenvalue weighted by atomic mass is 9.98. The van der Waals surface area contributed by atoms with E-state index < -0.39 is 60.2 Å². The van der Waals surface area contributed by atoms with Gasteiger partial charge >= 0.3 is 11.9 Å². The molecule has 0 aromatic rings. The lowest BCUT2D eigenvalue weighted by molar-refractivity contribution is -0.141. The van der Waals surface area contributed by atoms with Crippen molar-refractivity contribution in [3.63, 3.8) is 0 Å². The summed E-state index contributed by atoms with van der Waals surface area (Å²) < 4.78 is 0. The monoisotopic (exact) mass is 487 g/mol. The number of hydrogen-bond donors (Lipinski definition) is 8. The highest BCUT2D eigenvalue weighted by molar-refractivity contribution is 5.94. The molecule has 0 saturated heterocycles. The summed E-state index contributed by atoms with van der Waals surface area (Å²) >= 11 is 0. The van der Waals surface area contributed by atoms with E-state index in [9.17, 15) is 24.0 Å². The first-order valence-electron chi connectivity index (χ1n) is 11.0. The van der Waals surface area contributed by atoms with Crippen LogP contribution < -0.4 is 33.2 Å². The lowest BCUT2D eigenvalue weighted by Crippen LogP contribution is -2.57. The van der Waals surface area contributed by atoms with Crippen molar-refractivity contribution in [2.75, 3.05) is 6.54 Å². The van der Waals surface area contributed by atoms with Gasteiger partial charge in [0.25, 0.3) is 0 Å². The topological polar surface area (TPSA) is 252 Å². The van der Waals surface area contributed by atoms with Crippen LogP contribution in [-0.4, -0.2) is 76.5 Å². The van der Waals surface area contributed by atoms with Crippen molar-refractivity contribution in [1.29, 1.82) is 0 Å². The Morgan fingerprint density at radius 2 is 1.41 bits per heavy atom. The van der Waals surface area contributed by atoms with E-state index in [0.29, 0.717) is 6.42 Å². The summed E-state index contributed by atoms with van der Waals surface area (Å²) in [5.41, 5.74) is 16.4. The number of nitrogens with one attached hydrogen (secondary N) is 3. The number of hydrogen-bond acceptors (Lipinski definition) is 7. The number of aliphatic carboxylic acids is 2. The third-order valence-corrected chi connectivity index (χ3v) is 5.15. The normalized spacial score (nSPS) is 15.1. The largest absolute Gasteiger partial charge is 0.481 e. The van der Waals surface area contributed by atoms with Gasteiger partial charge in [-0.2, -0.15) is 0 Å². The number of rotatable bonds is 16. The molecule has 0 aliphatic rings. The first-order valence-corrected chi connectivity index (χ1v) is 11.0. The number of nitrogens with zero attached hydrogens (tertiary/aromatic N) is 1. The minimum absolute atomic E-state index is 0.0483. The number of carboxylic acids is 2. The molecular formula is C20H37N7O7. The molecule has 11 N–H and O–H groups in total. The number of nitrogens with two attached hydrogens (primary N) is 3. The first kappa shape index (κ1) is 30.6. The van der Waals surface area contributed by atoms with Gasteiger partial charge < -0.3 is 43.4 Å². The molecule has 3 amide bonds. The third kappa shape index (κ3) is 12.0. The lowest BCUT2D eigenvalue weighted by Gasteiger charge is -2.25. The quantitative estimate of drug-likeness (QED) is 0.0664. The maximum absolute atomic E-state index is 12.9. The molecule has 14 nitrogen and oxygen atoms in total. The van der Waals surface area contributed by atoms with Gasteiger partial charge in [-0.1, -0.05) is 20.3 Å². The molecule has 0 saturated carbocycles. The molecule has 5 atom stereocenters. The molecule has 0 aliphatic heterocycles. The molecule has 0 rings (SSSR count). The van der Waals surface area contributed by atoms with Crippen molar-refractivity contribution in [2.24, 2.45) is 28.1 Å². The average molecular weight is 488 g/mol. The number of carboxylic acid groups (broad SMARTS) is 2. The first-order chi connectivity index (χ1) is 15.8. The van der Waals surface area contributed by atoms with Gasteiger partial charge in [-0.3, -0.25) is 29.0 Å². The van der Waals surface area contributed by atoms with E-state index >= 15 is 0 Å². The summed E-state index contributed by atoms with van der Waals surface area (Å²) in [5.74, 6) is -5.00. The molecular weight excluding hydrogens is 450 g/mol. The second-order valence-electron chi connectivity index (χ2n) is 7.98. The van der Waals surface area contributed by atoms with Gasteiger partial charge in [-0.15, -0.1) is 0 Å². The SMILES string of the molecule is CCC(C)C(N)C(=O)NC(CCC(=O)O)C(=O)NC(CCCN=C(N)N)C(=O)NC(C)C(=O)O. The maximum Gasteiger partial charge on any atom is 0.325 e. The molecule has 0 aliphatic carbocycles. The van der Waals surface area contributed by atoms with Crippen LogP contribution in [0.1, 0.15) is 52.9 Å². The van der Waals surface area contributed by atoms with Crippen LogP contribution in [0.5, 0.6) is 0 Å². The van der Waals surface area contributed by atoms with Crippen LogP contribution in [0.4, 0.5) is 0 Å². The van der Waals surface area contributed by atoms with Crippen LogP contribution in [0.25, 0.3) is 0 Å². The highest BCUT2D eigenvalue weighted by Gasteiger charge is 2.30. The molecule has 5 unspecified atom stereocenters. The second-order valence-corrected chi connectivity index (χ2v) is 7.98. The Balaban J connectivity index is 5.54. The predicted octanol–water partition coefficient (Wildman–Crippen LogP) is -2.16. The highest BCUT2D eigenvalue weighted by Crippen LogP contribution is 2.08. The summed E-state index contributed by atoms with van der Waals surface area (Å²) in [6.07, 6.45) is 0.262. The van der Waals surface area contributed by atoms with Crippen LogP contribution in [-0.2, 0) is 24.0 Å². The van der Waals surface area contributed by atoms with Crippen LogP contribution in [0.3, 0.4) is 0 Å². The van der Waals surface area contributed by atoms with E-state index in [-0.39, 0.29) is 37.7 Å². The van der Waals surface area contributed by atoms with Gasteiger partial charge in [0.2, 0.25) is 17.7 Å². The summed E-state index contributed by atoms with van der Waals surface area (Å²) in [6.45, 7) is 5.01. The van der Waals surface area contributed by atoms with Gasteiger partial charge in [0.1, 0.15) is 18.1 Å². The molecule has 0 bridgehead atoms. The third-order valence-electron chi connectivity index (χ3n) is 5.15. The molecule has 0 aromatic carbocycles. The van der Waals surface area contributed by atoms with Crippen molar-refractivity contribution < 1.29 is 34.2 Å². The zero-order valence-corrected chi connectivity index (χ0v) is 19.7. The van der Waals surface area contributed by atoms with Crippen LogP contribution in [0, 0.1) is 5.92 Å². The Morgan fingerprint density at radius 3 is 1.91 bits per heavy atom. The zero-order chi connectivity index (χ0) is 26.4. The van der Waals surface area contributed by atoms with Crippen LogP contribution >= 0.6 is 0 Å². The van der Waals surface area contributed by atoms with E-state index in [1.807, 2.05) is 6.92 Å². The molecule has 0 heterocycles. The number of amides is 3. The Labute approximate surface area is 198 Å². The standard InChI is InChI=1S/C20H37N7O7/c1-4-10(2)15(21)18(32)27-13(7-8-14(28)29)17(31)26-12(6-5-9-24-20(22)23)16(30)25-11(3)19(33)34/h10-13,15H,4-9,21H2,1-3H3,(H,25,30)(H,26,31)(H,27,32)(H,28,29)(H,33,34)(H4,22,23,24). The van der Waals surface area contributed by atoms with Gasteiger partial charge in [0, 0.05) is 13.0 Å². The molecule has 0 radical (unpaired) electrons. The minimum Gasteiger partial charge on any atom is -0.481 e. The second kappa shape index (κ2) is 15.4. The fourth-order valence-electron chi connectivity index (χ4n) is 2.74. The van der Waals surface area contributed by atoms with Crippen LogP contribution in [0.15, 0.2) is 4.99 Å². The van der Waals surface area contributed by atoms with E-state index in [1.54, 1.807) is 6.92 Å². The molecule has 34 heavy (non-hydrogen) atoms. The van der Waals surface area contributed by atoms with Crippen LogP contribution in [0.2, 0.25) is 0 Å². The van der Waals surface area contributed by atoms with Crippen molar-refractivity contribution in [3.8, 4) is 0 Å².